The molecule has 3 nitrogen and oxygen atoms in total. The van der Waals surface area contributed by atoms with Crippen molar-refractivity contribution < 1.29 is 27.6 Å². The van der Waals surface area contributed by atoms with Crippen LogP contribution in [0.2, 0.25) is 0 Å². The van der Waals surface area contributed by atoms with Crippen LogP contribution >= 0.6 is 0 Å². The van der Waals surface area contributed by atoms with Crippen LogP contribution in [-0.4, -0.2) is 42.8 Å². The topological polar surface area (TPSA) is 40.1 Å². The van der Waals surface area contributed by atoms with Gasteiger partial charge >= 0.3 is 6.18 Å². The van der Waals surface area contributed by atoms with Crippen molar-refractivity contribution in [3.05, 3.63) is 0 Å². The minimum atomic E-state index is -5.19. The minimum Gasteiger partial charge on any atom is -0.542 e. The number of rotatable bonds is 5. The highest BCUT2D eigenvalue weighted by Crippen LogP contribution is 2.11. The van der Waals surface area contributed by atoms with Gasteiger partial charge in [-0.05, 0) is 27.2 Å². The SMILES string of the molecule is CCC[N+](CC)(CC)CC.O=C([O-])C(F)(F)F. The summed E-state index contributed by atoms with van der Waals surface area (Å²) in [6, 6.07) is 0. The quantitative estimate of drug-likeness (QED) is 0.701. The number of aliphatic carboxylic acids is 1. The normalized spacial score (nSPS) is 11.7. The number of alkyl halides is 3. The van der Waals surface area contributed by atoms with Crippen molar-refractivity contribution in [3.8, 4) is 0 Å². The fourth-order valence-electron chi connectivity index (χ4n) is 1.62. The van der Waals surface area contributed by atoms with E-state index in [-0.39, 0.29) is 0 Å². The molecule has 0 spiro atoms. The Morgan fingerprint density at radius 1 is 1.06 bits per heavy atom. The van der Waals surface area contributed by atoms with Gasteiger partial charge in [0.15, 0.2) is 0 Å². The van der Waals surface area contributed by atoms with E-state index in [0.29, 0.717) is 0 Å². The van der Waals surface area contributed by atoms with Crippen molar-refractivity contribution in [3.63, 3.8) is 0 Å². The molecule has 0 unspecified atom stereocenters. The average molecular weight is 257 g/mol. The molecule has 0 heterocycles. The van der Waals surface area contributed by atoms with E-state index in [1.54, 1.807) is 0 Å². The Bertz CT molecular complexity index is 205. The Morgan fingerprint density at radius 3 is 1.41 bits per heavy atom. The number of halogens is 3. The Hall–Kier alpha value is -0.780. The van der Waals surface area contributed by atoms with Crippen molar-refractivity contribution in [1.29, 1.82) is 0 Å². The van der Waals surface area contributed by atoms with E-state index >= 15 is 0 Å². The number of carbonyl (C=O) groups excluding carboxylic acids is 1. The van der Waals surface area contributed by atoms with E-state index in [1.807, 2.05) is 0 Å². The third-order valence-electron chi connectivity index (χ3n) is 2.94. The second-order valence-electron chi connectivity index (χ2n) is 3.80. The predicted octanol–water partition coefficient (Wildman–Crippen LogP) is 1.57. The van der Waals surface area contributed by atoms with Crippen molar-refractivity contribution in [2.45, 2.75) is 40.3 Å². The van der Waals surface area contributed by atoms with Gasteiger partial charge in [0.2, 0.25) is 0 Å². The molecule has 0 bridgehead atoms. The summed E-state index contributed by atoms with van der Waals surface area (Å²) in [6.45, 7) is 14.4. The highest BCUT2D eigenvalue weighted by Gasteiger charge is 2.28. The van der Waals surface area contributed by atoms with Gasteiger partial charge in [0.25, 0.3) is 0 Å². The predicted molar refractivity (Wildman–Crippen MR) is 58.1 cm³/mol. The number of hydrogen-bond donors (Lipinski definition) is 0. The standard InChI is InChI=1S/C9H22N.C2HF3O2/c1-5-9-10(6-2,7-3)8-4;3-2(4,5)1(6)7/h5-9H2,1-4H3;(H,6,7)/q+1;/p-1. The largest absolute Gasteiger partial charge is 0.542 e. The molecule has 0 fully saturated rings. The molecule has 0 aromatic carbocycles. The van der Waals surface area contributed by atoms with Gasteiger partial charge in [0.1, 0.15) is 5.97 Å². The van der Waals surface area contributed by atoms with E-state index in [9.17, 15) is 13.2 Å². The van der Waals surface area contributed by atoms with Crippen molar-refractivity contribution >= 4 is 5.97 Å². The van der Waals surface area contributed by atoms with Crippen LogP contribution in [0.5, 0.6) is 0 Å². The van der Waals surface area contributed by atoms with Crippen LogP contribution in [0.3, 0.4) is 0 Å². The monoisotopic (exact) mass is 257 g/mol. The van der Waals surface area contributed by atoms with Gasteiger partial charge in [-0.1, -0.05) is 6.92 Å². The van der Waals surface area contributed by atoms with Crippen LogP contribution in [0.1, 0.15) is 34.1 Å². The first-order valence-corrected chi connectivity index (χ1v) is 5.82. The van der Waals surface area contributed by atoms with Crippen LogP contribution in [0, 0.1) is 0 Å². The van der Waals surface area contributed by atoms with Crippen LogP contribution in [-0.2, 0) is 4.79 Å². The highest BCUT2D eigenvalue weighted by molar-refractivity contribution is 5.70. The number of quaternary nitrogens is 1. The molecule has 17 heavy (non-hydrogen) atoms. The minimum absolute atomic E-state index is 1.29. The fraction of sp³-hybridized carbons (Fsp3) is 0.909. The van der Waals surface area contributed by atoms with E-state index < -0.39 is 12.1 Å². The lowest BCUT2D eigenvalue weighted by molar-refractivity contribution is -0.923. The Kier molecular flexibility index (Phi) is 9.11. The molecule has 0 aliphatic heterocycles. The third-order valence-corrected chi connectivity index (χ3v) is 2.94. The molecule has 0 N–H and O–H groups in total. The summed E-state index contributed by atoms with van der Waals surface area (Å²) in [5.74, 6) is -3.01. The fourth-order valence-corrected chi connectivity index (χ4v) is 1.62. The summed E-state index contributed by atoms with van der Waals surface area (Å²) in [4.78, 5) is 8.78. The van der Waals surface area contributed by atoms with Crippen LogP contribution in [0.4, 0.5) is 13.2 Å². The van der Waals surface area contributed by atoms with Gasteiger partial charge in [0, 0.05) is 0 Å². The lowest BCUT2D eigenvalue weighted by atomic mass is 10.3. The first-order chi connectivity index (χ1) is 7.69. The average Bonchev–Trinajstić information content (AvgIpc) is 2.26. The second kappa shape index (κ2) is 8.33. The first kappa shape index (κ1) is 18.6. The molecule has 0 aliphatic carbocycles. The zero-order chi connectivity index (χ0) is 14.1. The van der Waals surface area contributed by atoms with Crippen LogP contribution in [0.25, 0.3) is 0 Å². The number of carboxylic acids is 1. The summed E-state index contributed by atoms with van der Waals surface area (Å²) in [5, 5.41) is 8.78. The van der Waals surface area contributed by atoms with Gasteiger partial charge in [-0.15, -0.1) is 0 Å². The molecule has 0 atom stereocenters. The Balaban J connectivity index is 0. The summed E-state index contributed by atoms with van der Waals surface area (Å²) in [5.41, 5.74) is 0. The molecule has 0 radical (unpaired) electrons. The van der Waals surface area contributed by atoms with Crippen molar-refractivity contribution in [2.75, 3.05) is 26.2 Å². The second-order valence-corrected chi connectivity index (χ2v) is 3.80. The molecule has 104 valence electrons. The first-order valence-electron chi connectivity index (χ1n) is 5.82. The summed E-state index contributed by atoms with van der Waals surface area (Å²) in [6.07, 6.45) is -3.88. The molecule has 0 saturated carbocycles. The van der Waals surface area contributed by atoms with E-state index in [2.05, 4.69) is 27.7 Å². The number of carbonyl (C=O) groups is 1. The molecular formula is C11H22F3NO2. The summed E-state index contributed by atoms with van der Waals surface area (Å²) >= 11 is 0. The van der Waals surface area contributed by atoms with Gasteiger partial charge in [-0.2, -0.15) is 13.2 Å². The zero-order valence-electron chi connectivity index (χ0n) is 10.9. The van der Waals surface area contributed by atoms with Crippen LogP contribution in [0.15, 0.2) is 0 Å². The highest BCUT2D eigenvalue weighted by atomic mass is 19.4. The van der Waals surface area contributed by atoms with E-state index in [1.165, 1.54) is 37.1 Å². The van der Waals surface area contributed by atoms with Crippen molar-refractivity contribution in [1.82, 2.24) is 0 Å². The Labute approximate surface area is 101 Å². The van der Waals surface area contributed by atoms with E-state index in [4.69, 9.17) is 9.90 Å². The molecule has 0 rings (SSSR count). The summed E-state index contributed by atoms with van der Waals surface area (Å²) < 4.78 is 32.9. The van der Waals surface area contributed by atoms with Gasteiger partial charge in [0.05, 0.1) is 26.2 Å². The molecular weight excluding hydrogens is 235 g/mol. The number of hydrogen-bond acceptors (Lipinski definition) is 2. The summed E-state index contributed by atoms with van der Waals surface area (Å²) in [7, 11) is 0. The lowest BCUT2D eigenvalue weighted by Crippen LogP contribution is -2.47. The molecule has 0 amide bonds. The zero-order valence-corrected chi connectivity index (χ0v) is 10.9. The molecule has 0 aliphatic rings. The number of nitrogens with zero attached hydrogens (tertiary/aromatic N) is 1. The van der Waals surface area contributed by atoms with Gasteiger partial charge in [-0.3, -0.25) is 0 Å². The molecule has 6 heteroatoms. The maximum atomic E-state index is 10.5. The van der Waals surface area contributed by atoms with Gasteiger partial charge in [-0.25, -0.2) is 0 Å². The van der Waals surface area contributed by atoms with Crippen LogP contribution < -0.4 is 5.11 Å². The maximum Gasteiger partial charge on any atom is 0.430 e. The maximum absolute atomic E-state index is 10.5. The lowest BCUT2D eigenvalue weighted by Gasteiger charge is -2.35. The third kappa shape index (κ3) is 8.01. The smallest absolute Gasteiger partial charge is 0.430 e. The molecule has 0 saturated heterocycles. The Morgan fingerprint density at radius 2 is 1.35 bits per heavy atom. The van der Waals surface area contributed by atoms with Crippen molar-refractivity contribution in [2.24, 2.45) is 0 Å². The van der Waals surface area contributed by atoms with Gasteiger partial charge < -0.3 is 14.4 Å². The number of carboxylic acid groups (broad SMARTS) is 1. The molecule has 0 aromatic heterocycles. The molecule has 0 aromatic rings. The van der Waals surface area contributed by atoms with E-state index in [0.717, 1.165) is 0 Å².